The number of hydrogen-bond acceptors (Lipinski definition) is 4. The van der Waals surface area contributed by atoms with Crippen LogP contribution in [0.25, 0.3) is 10.9 Å². The fourth-order valence-corrected chi connectivity index (χ4v) is 3.39. The number of rotatable bonds is 7. The maximum Gasteiger partial charge on any atom is 0.258 e. The van der Waals surface area contributed by atoms with E-state index in [4.69, 9.17) is 11.6 Å². The Bertz CT molecular complexity index is 1110. The number of H-pyrrole nitrogens is 1. The lowest BCUT2D eigenvalue weighted by Gasteiger charge is -2.24. The number of benzene rings is 2. The summed E-state index contributed by atoms with van der Waals surface area (Å²) in [7, 11) is 0. The van der Waals surface area contributed by atoms with Crippen molar-refractivity contribution in [1.29, 1.82) is 0 Å². The second-order valence-corrected chi connectivity index (χ2v) is 7.38. The van der Waals surface area contributed by atoms with E-state index >= 15 is 0 Å². The van der Waals surface area contributed by atoms with Gasteiger partial charge in [0.2, 0.25) is 11.8 Å². The second kappa shape index (κ2) is 9.54. The van der Waals surface area contributed by atoms with Crippen LogP contribution in [-0.4, -0.2) is 33.2 Å². The fraction of sp³-hybridized carbons (Fsp3) is 0.273. The third kappa shape index (κ3) is 5.24. The van der Waals surface area contributed by atoms with Crippen molar-refractivity contribution < 1.29 is 9.59 Å². The Morgan fingerprint density at radius 1 is 1.17 bits per heavy atom. The first kappa shape index (κ1) is 21.5. The van der Waals surface area contributed by atoms with E-state index in [-0.39, 0.29) is 30.3 Å². The molecule has 0 spiro atoms. The lowest BCUT2D eigenvalue weighted by Crippen LogP contribution is -2.36. The maximum atomic E-state index is 13.0. The number of halogens is 1. The normalized spacial score (nSPS) is 11.8. The number of amides is 2. The highest BCUT2D eigenvalue weighted by molar-refractivity contribution is 6.30. The molecule has 0 saturated heterocycles. The smallest absolute Gasteiger partial charge is 0.258 e. The van der Waals surface area contributed by atoms with Crippen molar-refractivity contribution in [2.75, 3.05) is 6.54 Å². The van der Waals surface area contributed by atoms with E-state index in [1.165, 1.54) is 6.92 Å². The summed E-state index contributed by atoms with van der Waals surface area (Å²) in [4.78, 5) is 45.7. The molecule has 30 heavy (non-hydrogen) atoms. The van der Waals surface area contributed by atoms with E-state index in [0.29, 0.717) is 28.3 Å². The monoisotopic (exact) mass is 426 g/mol. The molecule has 0 aliphatic rings. The summed E-state index contributed by atoms with van der Waals surface area (Å²) < 4.78 is 0. The maximum absolute atomic E-state index is 13.0. The van der Waals surface area contributed by atoms with Crippen molar-refractivity contribution in [1.82, 2.24) is 20.2 Å². The van der Waals surface area contributed by atoms with Crippen LogP contribution in [0.1, 0.15) is 37.7 Å². The van der Waals surface area contributed by atoms with Crippen molar-refractivity contribution in [3.05, 3.63) is 75.3 Å². The topological polar surface area (TPSA) is 95.2 Å². The van der Waals surface area contributed by atoms with Gasteiger partial charge in [-0.25, -0.2) is 4.98 Å². The third-order valence-electron chi connectivity index (χ3n) is 4.77. The first-order chi connectivity index (χ1) is 14.4. The minimum absolute atomic E-state index is 0.0763. The quantitative estimate of drug-likeness (QED) is 0.606. The lowest BCUT2D eigenvalue weighted by molar-refractivity contribution is -0.132. The SMILES string of the molecule is CCN(Cc1nc2ccccc2c(=O)[nH]1)C(=O)CC(NC(C)=O)c1ccc(Cl)cc1. The van der Waals surface area contributed by atoms with Gasteiger partial charge in [-0.2, -0.15) is 0 Å². The molecule has 3 aromatic rings. The molecule has 7 nitrogen and oxygen atoms in total. The molecule has 0 radical (unpaired) electrons. The molecule has 1 heterocycles. The Morgan fingerprint density at radius 2 is 1.87 bits per heavy atom. The van der Waals surface area contributed by atoms with Gasteiger partial charge in [-0.3, -0.25) is 14.4 Å². The van der Waals surface area contributed by atoms with Crippen LogP contribution in [0.5, 0.6) is 0 Å². The number of carbonyl (C=O) groups is 2. The number of hydrogen-bond donors (Lipinski definition) is 2. The van der Waals surface area contributed by atoms with Crippen LogP contribution >= 0.6 is 11.6 Å². The Morgan fingerprint density at radius 3 is 2.53 bits per heavy atom. The molecule has 1 atom stereocenters. The molecule has 3 rings (SSSR count). The fourth-order valence-electron chi connectivity index (χ4n) is 3.26. The minimum atomic E-state index is -0.482. The van der Waals surface area contributed by atoms with Crippen molar-refractivity contribution in [2.45, 2.75) is 32.9 Å². The molecular weight excluding hydrogens is 404 g/mol. The van der Waals surface area contributed by atoms with Crippen LogP contribution < -0.4 is 10.9 Å². The highest BCUT2D eigenvalue weighted by atomic mass is 35.5. The van der Waals surface area contributed by atoms with Crippen molar-refractivity contribution in [2.24, 2.45) is 0 Å². The summed E-state index contributed by atoms with van der Waals surface area (Å²) in [5.74, 6) is 0.0183. The van der Waals surface area contributed by atoms with Crippen molar-refractivity contribution in [3.63, 3.8) is 0 Å². The molecule has 1 aromatic heterocycles. The lowest BCUT2D eigenvalue weighted by atomic mass is 10.0. The number of fused-ring (bicyclic) bond motifs is 1. The van der Waals surface area contributed by atoms with Gasteiger partial charge < -0.3 is 15.2 Å². The highest BCUT2D eigenvalue weighted by Crippen LogP contribution is 2.21. The van der Waals surface area contributed by atoms with E-state index in [2.05, 4.69) is 15.3 Å². The molecule has 0 bridgehead atoms. The average Bonchev–Trinajstić information content (AvgIpc) is 2.71. The molecular formula is C22H23ClN4O3. The number of aromatic amines is 1. The van der Waals surface area contributed by atoms with Gasteiger partial charge in [-0.1, -0.05) is 35.9 Å². The van der Waals surface area contributed by atoms with Crippen molar-refractivity contribution >= 4 is 34.3 Å². The Kier molecular flexibility index (Phi) is 6.84. The van der Waals surface area contributed by atoms with E-state index in [1.807, 2.05) is 13.0 Å². The molecule has 0 saturated carbocycles. The largest absolute Gasteiger partial charge is 0.349 e. The zero-order chi connectivity index (χ0) is 21.7. The van der Waals surface area contributed by atoms with Gasteiger partial charge in [0.1, 0.15) is 5.82 Å². The van der Waals surface area contributed by atoms with Gasteiger partial charge in [0, 0.05) is 18.5 Å². The Hall–Kier alpha value is -3.19. The number of nitrogens with zero attached hydrogens (tertiary/aromatic N) is 2. The first-order valence-electron chi connectivity index (χ1n) is 9.65. The molecule has 156 valence electrons. The van der Waals surface area contributed by atoms with E-state index in [1.54, 1.807) is 47.4 Å². The first-order valence-corrected chi connectivity index (χ1v) is 10.0. The summed E-state index contributed by atoms with van der Waals surface area (Å²) in [5, 5.41) is 3.90. The number of para-hydroxylation sites is 1. The zero-order valence-electron chi connectivity index (χ0n) is 16.8. The van der Waals surface area contributed by atoms with Crippen LogP contribution in [0.3, 0.4) is 0 Å². The van der Waals surface area contributed by atoms with Crippen LogP contribution in [0.4, 0.5) is 0 Å². The summed E-state index contributed by atoms with van der Waals surface area (Å²) >= 11 is 5.95. The van der Waals surface area contributed by atoms with Crippen LogP contribution in [-0.2, 0) is 16.1 Å². The van der Waals surface area contributed by atoms with Gasteiger partial charge in [-0.15, -0.1) is 0 Å². The summed E-state index contributed by atoms with van der Waals surface area (Å²) in [6.45, 7) is 3.87. The molecule has 2 N–H and O–H groups in total. The standard InChI is InChI=1S/C22H23ClN4O3/c1-3-27(13-20-25-18-7-5-4-6-17(18)22(30)26-20)21(29)12-19(24-14(2)28)15-8-10-16(23)11-9-15/h4-11,19H,3,12-13H2,1-2H3,(H,24,28)(H,25,26,30). The van der Waals surface area contributed by atoms with Crippen LogP contribution in [0.15, 0.2) is 53.3 Å². The molecule has 2 amide bonds. The van der Waals surface area contributed by atoms with Gasteiger partial charge >= 0.3 is 0 Å². The zero-order valence-corrected chi connectivity index (χ0v) is 17.6. The molecule has 1 unspecified atom stereocenters. The highest BCUT2D eigenvalue weighted by Gasteiger charge is 2.21. The van der Waals surface area contributed by atoms with Gasteiger partial charge in [0.15, 0.2) is 0 Å². The Balaban J connectivity index is 1.79. The van der Waals surface area contributed by atoms with E-state index in [0.717, 1.165) is 5.56 Å². The number of carbonyl (C=O) groups excluding carboxylic acids is 2. The molecule has 8 heteroatoms. The number of nitrogens with one attached hydrogen (secondary N) is 2. The summed E-state index contributed by atoms with van der Waals surface area (Å²) in [6.07, 6.45) is 0.0763. The van der Waals surface area contributed by atoms with E-state index < -0.39 is 6.04 Å². The van der Waals surface area contributed by atoms with Gasteiger partial charge in [0.25, 0.3) is 5.56 Å². The molecule has 0 aliphatic carbocycles. The van der Waals surface area contributed by atoms with Gasteiger partial charge in [0.05, 0.1) is 29.9 Å². The average molecular weight is 427 g/mol. The van der Waals surface area contributed by atoms with Crippen LogP contribution in [0, 0.1) is 0 Å². The summed E-state index contributed by atoms with van der Waals surface area (Å²) in [5.41, 5.74) is 1.13. The van der Waals surface area contributed by atoms with E-state index in [9.17, 15) is 14.4 Å². The van der Waals surface area contributed by atoms with Crippen LogP contribution in [0.2, 0.25) is 5.02 Å². The molecule has 2 aromatic carbocycles. The predicted octanol–water partition coefficient (Wildman–Crippen LogP) is 3.19. The molecule has 0 fully saturated rings. The minimum Gasteiger partial charge on any atom is -0.349 e. The third-order valence-corrected chi connectivity index (χ3v) is 5.02. The summed E-state index contributed by atoms with van der Waals surface area (Å²) in [6, 6.07) is 13.6. The predicted molar refractivity (Wildman–Crippen MR) is 116 cm³/mol. The Labute approximate surface area is 179 Å². The van der Waals surface area contributed by atoms with Gasteiger partial charge in [-0.05, 0) is 36.8 Å². The van der Waals surface area contributed by atoms with Crippen molar-refractivity contribution in [3.8, 4) is 0 Å². The number of aromatic nitrogens is 2. The second-order valence-electron chi connectivity index (χ2n) is 6.95. The molecule has 0 aliphatic heterocycles.